The molecule has 1 heterocycles. The molecule has 7 heteroatoms. The quantitative estimate of drug-likeness (QED) is 0.913. The molecule has 1 atom stereocenters. The summed E-state index contributed by atoms with van der Waals surface area (Å²) in [6, 6.07) is 4.51. The molecular weight excluding hydrogens is 312 g/mol. The Morgan fingerprint density at radius 2 is 2.14 bits per heavy atom. The zero-order valence-corrected chi connectivity index (χ0v) is 13.7. The van der Waals surface area contributed by atoms with Crippen LogP contribution in [0.2, 0.25) is 5.02 Å². The first kappa shape index (κ1) is 16.3. The topological polar surface area (TPSA) is 66.5 Å². The minimum absolute atomic E-state index is 0.109. The van der Waals surface area contributed by atoms with Crippen molar-refractivity contribution < 1.29 is 13.2 Å². The lowest BCUT2D eigenvalue weighted by Gasteiger charge is -2.32. The number of likely N-dealkylation sites (tertiary alicyclic amines) is 1. The van der Waals surface area contributed by atoms with Crippen molar-refractivity contribution >= 4 is 27.3 Å². The molecule has 1 aromatic carbocycles. The SMILES string of the molecule is CN[C@@H]1CCCN(C(=O)c2cc(S(C)(=O)=O)ccc2Cl)C1. The number of rotatable bonds is 3. The summed E-state index contributed by atoms with van der Waals surface area (Å²) in [5, 5.41) is 3.44. The summed E-state index contributed by atoms with van der Waals surface area (Å²) in [5.41, 5.74) is 0.247. The highest BCUT2D eigenvalue weighted by Gasteiger charge is 2.25. The molecule has 116 valence electrons. The van der Waals surface area contributed by atoms with E-state index < -0.39 is 9.84 Å². The molecule has 1 saturated heterocycles. The summed E-state index contributed by atoms with van der Waals surface area (Å²) in [6.45, 7) is 1.27. The van der Waals surface area contributed by atoms with Crippen molar-refractivity contribution in [1.82, 2.24) is 10.2 Å². The number of carbonyl (C=O) groups is 1. The molecule has 0 bridgehead atoms. The van der Waals surface area contributed by atoms with Gasteiger partial charge in [-0.05, 0) is 38.1 Å². The lowest BCUT2D eigenvalue weighted by Crippen LogP contribution is -2.47. The van der Waals surface area contributed by atoms with Crippen LogP contribution in [0.1, 0.15) is 23.2 Å². The van der Waals surface area contributed by atoms with E-state index in [-0.39, 0.29) is 27.4 Å². The molecule has 1 aromatic rings. The van der Waals surface area contributed by atoms with Gasteiger partial charge in [-0.15, -0.1) is 0 Å². The number of halogens is 1. The summed E-state index contributed by atoms with van der Waals surface area (Å²) in [7, 11) is -1.49. The third kappa shape index (κ3) is 3.75. The first-order chi connectivity index (χ1) is 9.82. The first-order valence-corrected chi connectivity index (χ1v) is 9.06. The van der Waals surface area contributed by atoms with Crippen LogP contribution < -0.4 is 5.32 Å². The van der Waals surface area contributed by atoms with Crippen molar-refractivity contribution in [3.63, 3.8) is 0 Å². The third-order valence-electron chi connectivity index (χ3n) is 3.71. The maximum atomic E-state index is 12.6. The Morgan fingerprint density at radius 1 is 1.43 bits per heavy atom. The summed E-state index contributed by atoms with van der Waals surface area (Å²) in [5.74, 6) is -0.217. The molecule has 0 aromatic heterocycles. The van der Waals surface area contributed by atoms with Crippen LogP contribution in [0.25, 0.3) is 0 Å². The highest BCUT2D eigenvalue weighted by atomic mass is 35.5. The van der Waals surface area contributed by atoms with Gasteiger partial charge < -0.3 is 10.2 Å². The second-order valence-electron chi connectivity index (χ2n) is 5.29. The molecule has 0 aliphatic carbocycles. The van der Waals surface area contributed by atoms with Gasteiger partial charge in [0.25, 0.3) is 5.91 Å². The van der Waals surface area contributed by atoms with Crippen LogP contribution in [0.4, 0.5) is 0 Å². The van der Waals surface area contributed by atoms with Crippen LogP contribution in [-0.4, -0.2) is 51.7 Å². The number of likely N-dealkylation sites (N-methyl/N-ethyl adjacent to an activating group) is 1. The van der Waals surface area contributed by atoms with Crippen molar-refractivity contribution in [2.75, 3.05) is 26.4 Å². The highest BCUT2D eigenvalue weighted by Crippen LogP contribution is 2.23. The molecular formula is C14H19ClN2O3S. The average Bonchev–Trinajstić information content (AvgIpc) is 2.46. The van der Waals surface area contributed by atoms with Crippen LogP contribution in [0.3, 0.4) is 0 Å². The van der Waals surface area contributed by atoms with Gasteiger partial charge >= 0.3 is 0 Å². The minimum atomic E-state index is -3.36. The molecule has 21 heavy (non-hydrogen) atoms. The number of sulfone groups is 1. The van der Waals surface area contributed by atoms with Gasteiger partial charge in [-0.2, -0.15) is 0 Å². The lowest BCUT2D eigenvalue weighted by molar-refractivity contribution is 0.0698. The van der Waals surface area contributed by atoms with Gasteiger partial charge in [-0.3, -0.25) is 4.79 Å². The van der Waals surface area contributed by atoms with Crippen molar-refractivity contribution in [2.45, 2.75) is 23.8 Å². The van der Waals surface area contributed by atoms with E-state index in [0.717, 1.165) is 19.1 Å². The molecule has 0 unspecified atom stereocenters. The fourth-order valence-electron chi connectivity index (χ4n) is 2.47. The van der Waals surface area contributed by atoms with Gasteiger partial charge in [-0.25, -0.2) is 8.42 Å². The zero-order valence-electron chi connectivity index (χ0n) is 12.1. The van der Waals surface area contributed by atoms with E-state index in [1.54, 1.807) is 4.90 Å². The fourth-order valence-corrected chi connectivity index (χ4v) is 3.31. The monoisotopic (exact) mass is 330 g/mol. The molecule has 2 rings (SSSR count). The van der Waals surface area contributed by atoms with E-state index in [0.29, 0.717) is 13.1 Å². The van der Waals surface area contributed by atoms with Gasteiger partial charge in [0.05, 0.1) is 15.5 Å². The van der Waals surface area contributed by atoms with Crippen LogP contribution in [0, 0.1) is 0 Å². The molecule has 1 amide bonds. The van der Waals surface area contributed by atoms with Gasteiger partial charge in [0.2, 0.25) is 0 Å². The minimum Gasteiger partial charge on any atom is -0.337 e. The van der Waals surface area contributed by atoms with Crippen LogP contribution in [-0.2, 0) is 9.84 Å². The number of carbonyl (C=O) groups excluding carboxylic acids is 1. The Bertz CT molecular complexity index is 646. The van der Waals surface area contributed by atoms with Crippen LogP contribution >= 0.6 is 11.6 Å². The molecule has 0 spiro atoms. The number of amides is 1. The smallest absolute Gasteiger partial charge is 0.255 e. The molecule has 0 radical (unpaired) electrons. The summed E-state index contributed by atoms with van der Waals surface area (Å²) < 4.78 is 23.2. The maximum absolute atomic E-state index is 12.6. The molecule has 1 fully saturated rings. The Hall–Kier alpha value is -1.11. The Morgan fingerprint density at radius 3 is 2.76 bits per heavy atom. The van der Waals surface area contributed by atoms with Crippen molar-refractivity contribution in [1.29, 1.82) is 0 Å². The first-order valence-electron chi connectivity index (χ1n) is 6.79. The van der Waals surface area contributed by atoms with E-state index in [1.807, 2.05) is 7.05 Å². The standard InChI is InChI=1S/C14H19ClN2O3S/c1-16-10-4-3-7-17(9-10)14(18)12-8-11(21(2,19)20)5-6-13(12)15/h5-6,8,10,16H,3-4,7,9H2,1-2H3/t10-/m1/s1. The van der Waals surface area contributed by atoms with E-state index in [4.69, 9.17) is 11.6 Å². The molecule has 5 nitrogen and oxygen atoms in total. The van der Waals surface area contributed by atoms with E-state index in [9.17, 15) is 13.2 Å². The van der Waals surface area contributed by atoms with E-state index in [1.165, 1.54) is 18.2 Å². The van der Waals surface area contributed by atoms with Crippen LogP contribution in [0.15, 0.2) is 23.1 Å². The van der Waals surface area contributed by atoms with Crippen molar-refractivity contribution in [3.8, 4) is 0 Å². The fraction of sp³-hybridized carbons (Fsp3) is 0.500. The van der Waals surface area contributed by atoms with Gasteiger partial charge in [0.1, 0.15) is 0 Å². The predicted octanol–water partition coefficient (Wildman–Crippen LogP) is 1.57. The van der Waals surface area contributed by atoms with Crippen molar-refractivity contribution in [2.24, 2.45) is 0 Å². The molecule has 1 N–H and O–H groups in total. The van der Waals surface area contributed by atoms with Gasteiger partial charge in [0.15, 0.2) is 9.84 Å². The number of nitrogens with one attached hydrogen (secondary N) is 1. The Labute approximate surface area is 130 Å². The molecule has 1 aliphatic rings. The third-order valence-corrected chi connectivity index (χ3v) is 5.15. The summed E-state index contributed by atoms with van der Waals surface area (Å²) in [6.07, 6.45) is 3.06. The van der Waals surface area contributed by atoms with Gasteiger partial charge in [-0.1, -0.05) is 11.6 Å². The normalized spacial score (nSPS) is 19.6. The van der Waals surface area contributed by atoms with Crippen molar-refractivity contribution in [3.05, 3.63) is 28.8 Å². The predicted molar refractivity (Wildman–Crippen MR) is 82.5 cm³/mol. The molecule has 0 saturated carbocycles. The zero-order chi connectivity index (χ0) is 15.6. The van der Waals surface area contributed by atoms with Crippen LogP contribution in [0.5, 0.6) is 0 Å². The van der Waals surface area contributed by atoms with E-state index in [2.05, 4.69) is 5.32 Å². The second-order valence-corrected chi connectivity index (χ2v) is 7.72. The molecule has 1 aliphatic heterocycles. The number of nitrogens with zero attached hydrogens (tertiary/aromatic N) is 1. The Balaban J connectivity index is 2.30. The largest absolute Gasteiger partial charge is 0.337 e. The second kappa shape index (κ2) is 6.34. The number of piperidine rings is 1. The summed E-state index contributed by atoms with van der Waals surface area (Å²) >= 11 is 6.07. The number of hydrogen-bond acceptors (Lipinski definition) is 4. The Kier molecular flexibility index (Phi) is 4.91. The number of benzene rings is 1. The summed E-state index contributed by atoms with van der Waals surface area (Å²) in [4.78, 5) is 14.4. The lowest BCUT2D eigenvalue weighted by atomic mass is 10.0. The average molecular weight is 331 g/mol. The van der Waals surface area contributed by atoms with Gasteiger partial charge in [0, 0.05) is 25.4 Å². The highest BCUT2D eigenvalue weighted by molar-refractivity contribution is 7.90. The maximum Gasteiger partial charge on any atom is 0.255 e. The van der Waals surface area contributed by atoms with E-state index >= 15 is 0 Å². The number of hydrogen-bond donors (Lipinski definition) is 1.